The second kappa shape index (κ2) is 9.30. The van der Waals surface area contributed by atoms with E-state index in [1.54, 1.807) is 11.8 Å². The van der Waals surface area contributed by atoms with Crippen LogP contribution in [-0.4, -0.2) is 46.1 Å². The Morgan fingerprint density at radius 3 is 2.39 bits per heavy atom. The monoisotopic (exact) mass is 341 g/mol. The lowest BCUT2D eigenvalue weighted by atomic mass is 9.94. The molecule has 1 unspecified atom stereocenters. The van der Waals surface area contributed by atoms with Crippen molar-refractivity contribution < 1.29 is 9.59 Å². The Morgan fingerprint density at radius 2 is 1.91 bits per heavy atom. The van der Waals surface area contributed by atoms with E-state index in [-0.39, 0.29) is 23.1 Å². The highest BCUT2D eigenvalue weighted by molar-refractivity contribution is 8.00. The molecule has 2 N–H and O–H groups in total. The molecule has 0 aromatic heterocycles. The van der Waals surface area contributed by atoms with Gasteiger partial charge in [-0.15, -0.1) is 11.8 Å². The summed E-state index contributed by atoms with van der Waals surface area (Å²) < 4.78 is 0. The molecule has 1 saturated heterocycles. The minimum Gasteiger partial charge on any atom is -0.387 e. The number of nitrogens with zero attached hydrogens (tertiary/aromatic N) is 2. The van der Waals surface area contributed by atoms with E-state index in [4.69, 9.17) is 5.73 Å². The van der Waals surface area contributed by atoms with Crippen molar-refractivity contribution in [3.8, 4) is 0 Å². The molecule has 23 heavy (non-hydrogen) atoms. The van der Waals surface area contributed by atoms with Gasteiger partial charge in [0.2, 0.25) is 11.8 Å². The first-order valence-corrected chi connectivity index (χ1v) is 9.60. The molecule has 0 saturated carbocycles. The van der Waals surface area contributed by atoms with Gasteiger partial charge in [-0.1, -0.05) is 27.7 Å². The van der Waals surface area contributed by atoms with Crippen LogP contribution in [0.3, 0.4) is 0 Å². The molecule has 5 nitrogen and oxygen atoms in total. The largest absolute Gasteiger partial charge is 0.387 e. The third-order valence-corrected chi connectivity index (χ3v) is 5.39. The normalized spacial score (nSPS) is 19.7. The van der Waals surface area contributed by atoms with E-state index in [1.165, 1.54) is 4.90 Å². The van der Waals surface area contributed by atoms with Crippen molar-refractivity contribution in [3.05, 3.63) is 0 Å². The summed E-state index contributed by atoms with van der Waals surface area (Å²) in [6.07, 6.45) is 1.96. The van der Waals surface area contributed by atoms with Crippen LogP contribution in [0.5, 0.6) is 0 Å². The molecule has 6 heteroatoms. The molecule has 1 fully saturated rings. The third kappa shape index (κ3) is 5.83. The molecule has 0 spiro atoms. The molecule has 1 rings (SSSR count). The number of aliphatic imine (C=N–C) groups is 1. The van der Waals surface area contributed by atoms with Crippen molar-refractivity contribution in [2.24, 2.45) is 22.6 Å². The van der Waals surface area contributed by atoms with Gasteiger partial charge in [0.1, 0.15) is 0 Å². The van der Waals surface area contributed by atoms with E-state index in [2.05, 4.69) is 32.7 Å². The third-order valence-electron chi connectivity index (χ3n) is 4.10. The molecule has 2 amide bonds. The van der Waals surface area contributed by atoms with Gasteiger partial charge < -0.3 is 5.73 Å². The highest BCUT2D eigenvalue weighted by atomic mass is 32.2. The summed E-state index contributed by atoms with van der Waals surface area (Å²) in [5.74, 6) is 2.39. The Labute approximate surface area is 144 Å². The number of carbonyl (C=O) groups is 2. The number of thioether (sulfide) groups is 1. The van der Waals surface area contributed by atoms with Crippen molar-refractivity contribution in [1.82, 2.24) is 4.90 Å². The SMILES string of the molecule is CCN1C(=O)CC(SCCCC(N)=NC(C(C)C)C(C)C)C1=O. The predicted octanol–water partition coefficient (Wildman–Crippen LogP) is 2.69. The zero-order valence-electron chi connectivity index (χ0n) is 15.0. The van der Waals surface area contributed by atoms with Gasteiger partial charge in [-0.25, -0.2) is 0 Å². The van der Waals surface area contributed by atoms with Crippen LogP contribution in [0.2, 0.25) is 0 Å². The Balaban J connectivity index is 2.37. The quantitative estimate of drug-likeness (QED) is 0.303. The maximum Gasteiger partial charge on any atom is 0.242 e. The molecule has 0 radical (unpaired) electrons. The Bertz CT molecular complexity index is 441. The van der Waals surface area contributed by atoms with Gasteiger partial charge in [-0.05, 0) is 30.9 Å². The van der Waals surface area contributed by atoms with Crippen LogP contribution in [-0.2, 0) is 9.59 Å². The fourth-order valence-corrected chi connectivity index (χ4v) is 4.04. The standard InChI is InChI=1S/C17H31N3O2S/c1-6-20-15(21)10-13(17(20)22)23-9-7-8-14(18)19-16(11(2)3)12(4)5/h11-13,16H,6-10H2,1-5H3,(H2,18,19). The highest BCUT2D eigenvalue weighted by Gasteiger charge is 2.37. The maximum absolute atomic E-state index is 12.0. The van der Waals surface area contributed by atoms with Gasteiger partial charge >= 0.3 is 0 Å². The van der Waals surface area contributed by atoms with Crippen molar-refractivity contribution in [3.63, 3.8) is 0 Å². The van der Waals surface area contributed by atoms with E-state index < -0.39 is 0 Å². The number of hydrogen-bond donors (Lipinski definition) is 1. The smallest absolute Gasteiger partial charge is 0.242 e. The van der Waals surface area contributed by atoms with Crippen LogP contribution in [0.15, 0.2) is 4.99 Å². The molecule has 132 valence electrons. The van der Waals surface area contributed by atoms with Gasteiger partial charge in [-0.3, -0.25) is 19.5 Å². The fourth-order valence-electron chi connectivity index (χ4n) is 2.92. The van der Waals surface area contributed by atoms with Gasteiger partial charge in [0.05, 0.1) is 17.1 Å². The molecule has 1 atom stereocenters. The lowest BCUT2D eigenvalue weighted by molar-refractivity contribution is -0.137. The van der Waals surface area contributed by atoms with Crippen molar-refractivity contribution in [1.29, 1.82) is 0 Å². The maximum atomic E-state index is 12.0. The van der Waals surface area contributed by atoms with Crippen LogP contribution in [0.1, 0.15) is 53.9 Å². The topological polar surface area (TPSA) is 75.8 Å². The zero-order chi connectivity index (χ0) is 17.6. The van der Waals surface area contributed by atoms with E-state index in [9.17, 15) is 9.59 Å². The lowest BCUT2D eigenvalue weighted by Crippen LogP contribution is -2.30. The van der Waals surface area contributed by atoms with Crippen LogP contribution in [0, 0.1) is 11.8 Å². The number of hydrogen-bond acceptors (Lipinski definition) is 4. The minimum atomic E-state index is -0.209. The number of carbonyl (C=O) groups excluding carboxylic acids is 2. The first kappa shape index (κ1) is 20.0. The van der Waals surface area contributed by atoms with E-state index >= 15 is 0 Å². The second-order valence-electron chi connectivity index (χ2n) is 6.74. The number of imide groups is 1. The summed E-state index contributed by atoms with van der Waals surface area (Å²) in [6, 6.07) is 0.259. The summed E-state index contributed by atoms with van der Waals surface area (Å²) in [5, 5.41) is -0.209. The predicted molar refractivity (Wildman–Crippen MR) is 97.6 cm³/mol. The van der Waals surface area contributed by atoms with Gasteiger partial charge in [-0.2, -0.15) is 0 Å². The van der Waals surface area contributed by atoms with E-state index in [0.29, 0.717) is 30.6 Å². The van der Waals surface area contributed by atoms with Crippen LogP contribution >= 0.6 is 11.8 Å². The van der Waals surface area contributed by atoms with Crippen LogP contribution in [0.25, 0.3) is 0 Å². The molecular weight excluding hydrogens is 310 g/mol. The Kier molecular flexibility index (Phi) is 8.09. The van der Waals surface area contributed by atoms with Gasteiger partial charge in [0.25, 0.3) is 0 Å². The first-order chi connectivity index (χ1) is 10.8. The highest BCUT2D eigenvalue weighted by Crippen LogP contribution is 2.25. The minimum absolute atomic E-state index is 0.0381. The molecular formula is C17H31N3O2S. The molecule has 1 aliphatic heterocycles. The van der Waals surface area contributed by atoms with Crippen molar-refractivity contribution in [2.75, 3.05) is 12.3 Å². The molecule has 0 aromatic carbocycles. The van der Waals surface area contributed by atoms with Crippen LogP contribution in [0.4, 0.5) is 0 Å². The molecule has 1 aliphatic rings. The van der Waals surface area contributed by atoms with Crippen LogP contribution < -0.4 is 5.73 Å². The fraction of sp³-hybridized carbons (Fsp3) is 0.824. The van der Waals surface area contributed by atoms with Gasteiger partial charge in [0, 0.05) is 19.4 Å². The number of amidine groups is 1. The summed E-state index contributed by atoms with van der Waals surface area (Å²) in [6.45, 7) is 11.0. The summed E-state index contributed by atoms with van der Waals surface area (Å²) in [7, 11) is 0. The molecule has 1 heterocycles. The summed E-state index contributed by atoms with van der Waals surface area (Å²) >= 11 is 1.57. The molecule has 0 bridgehead atoms. The second-order valence-corrected chi connectivity index (χ2v) is 8.05. The Hall–Kier alpha value is -1.04. The lowest BCUT2D eigenvalue weighted by Gasteiger charge is -2.21. The average molecular weight is 342 g/mol. The molecule has 0 aromatic rings. The Morgan fingerprint density at radius 1 is 1.30 bits per heavy atom. The molecule has 0 aliphatic carbocycles. The van der Waals surface area contributed by atoms with E-state index in [0.717, 1.165) is 18.6 Å². The number of nitrogens with two attached hydrogens (primary N) is 1. The summed E-state index contributed by atoms with van der Waals surface area (Å²) in [5.41, 5.74) is 6.05. The number of rotatable bonds is 9. The number of likely N-dealkylation sites (tertiary alicyclic amines) is 1. The van der Waals surface area contributed by atoms with Crippen molar-refractivity contribution in [2.45, 2.75) is 65.2 Å². The first-order valence-electron chi connectivity index (χ1n) is 8.55. The summed E-state index contributed by atoms with van der Waals surface area (Å²) in [4.78, 5) is 29.7. The van der Waals surface area contributed by atoms with Gasteiger partial charge in [0.15, 0.2) is 0 Å². The van der Waals surface area contributed by atoms with E-state index in [1.807, 2.05) is 6.92 Å². The van der Waals surface area contributed by atoms with Crippen molar-refractivity contribution >= 4 is 29.4 Å². The number of amides is 2. The zero-order valence-corrected chi connectivity index (χ0v) is 15.9. The average Bonchev–Trinajstić information content (AvgIpc) is 2.74.